The molecule has 1 aromatic carbocycles. The zero-order valence-corrected chi connectivity index (χ0v) is 11.9. The highest BCUT2D eigenvalue weighted by molar-refractivity contribution is 9.10. The fraction of sp³-hybridized carbons (Fsp3) is 0.0833. The fourth-order valence-corrected chi connectivity index (χ4v) is 2.09. The van der Waals surface area contributed by atoms with Gasteiger partial charge in [-0.25, -0.2) is 0 Å². The molecule has 0 aliphatic rings. The molecule has 0 aliphatic heterocycles. The zero-order chi connectivity index (χ0) is 12.3. The largest absolute Gasteiger partial charge is 0.466 e. The maximum Gasteiger partial charge on any atom is 0.136 e. The van der Waals surface area contributed by atoms with Crippen LogP contribution in [0, 0.1) is 11.3 Å². The summed E-state index contributed by atoms with van der Waals surface area (Å²) >= 11 is 6.71. The van der Waals surface area contributed by atoms with Crippen LogP contribution in [0.15, 0.2) is 43.9 Å². The molecule has 1 aromatic heterocycles. The first-order valence-corrected chi connectivity index (χ1v) is 6.44. The van der Waals surface area contributed by atoms with Gasteiger partial charge in [-0.15, -0.1) is 0 Å². The van der Waals surface area contributed by atoms with E-state index in [1.165, 1.54) is 0 Å². The predicted octanol–water partition coefficient (Wildman–Crippen LogP) is 4.29. The van der Waals surface area contributed by atoms with Crippen LogP contribution in [0.3, 0.4) is 0 Å². The summed E-state index contributed by atoms with van der Waals surface area (Å²) in [5.41, 5.74) is 1.39. The van der Waals surface area contributed by atoms with Gasteiger partial charge in [0.2, 0.25) is 0 Å². The van der Waals surface area contributed by atoms with Crippen molar-refractivity contribution in [2.75, 3.05) is 5.32 Å². The molecule has 1 heterocycles. The maximum atomic E-state index is 9.01. The second-order valence-electron chi connectivity index (χ2n) is 3.35. The SMILES string of the molecule is N#Cc1cc(Br)ccc1NCc1occc1Br. The van der Waals surface area contributed by atoms with Crippen LogP contribution in [-0.2, 0) is 6.54 Å². The van der Waals surface area contributed by atoms with Gasteiger partial charge >= 0.3 is 0 Å². The second-order valence-corrected chi connectivity index (χ2v) is 5.12. The van der Waals surface area contributed by atoms with Gasteiger partial charge in [-0.05, 0) is 40.2 Å². The third kappa shape index (κ3) is 2.90. The van der Waals surface area contributed by atoms with Gasteiger partial charge in [0.05, 0.1) is 28.5 Å². The molecule has 0 amide bonds. The van der Waals surface area contributed by atoms with Gasteiger partial charge in [0.25, 0.3) is 0 Å². The Morgan fingerprint density at radius 3 is 2.76 bits per heavy atom. The topological polar surface area (TPSA) is 49.0 Å². The Balaban J connectivity index is 2.15. The molecule has 86 valence electrons. The number of nitrogens with zero attached hydrogens (tertiary/aromatic N) is 1. The molecule has 2 aromatic rings. The molecule has 3 nitrogen and oxygen atoms in total. The quantitative estimate of drug-likeness (QED) is 0.893. The van der Waals surface area contributed by atoms with Gasteiger partial charge in [0.1, 0.15) is 11.8 Å². The molecule has 17 heavy (non-hydrogen) atoms. The highest BCUT2D eigenvalue weighted by atomic mass is 79.9. The average Bonchev–Trinajstić information content (AvgIpc) is 2.73. The van der Waals surface area contributed by atoms with E-state index in [1.54, 1.807) is 12.3 Å². The summed E-state index contributed by atoms with van der Waals surface area (Å²) in [4.78, 5) is 0. The number of furan rings is 1. The number of benzene rings is 1. The lowest BCUT2D eigenvalue weighted by molar-refractivity contribution is 0.516. The molecule has 0 fully saturated rings. The standard InChI is InChI=1S/C12H8Br2N2O/c13-9-1-2-11(8(5-9)6-15)16-7-12-10(14)3-4-17-12/h1-5,16H,7H2. The lowest BCUT2D eigenvalue weighted by Crippen LogP contribution is -2.00. The first-order valence-electron chi connectivity index (χ1n) is 4.86. The van der Waals surface area contributed by atoms with E-state index in [0.717, 1.165) is 20.4 Å². The molecule has 0 saturated heterocycles. The van der Waals surface area contributed by atoms with Crippen LogP contribution in [0.4, 0.5) is 5.69 Å². The van der Waals surface area contributed by atoms with E-state index in [4.69, 9.17) is 9.68 Å². The molecule has 0 unspecified atom stereocenters. The van der Waals surface area contributed by atoms with E-state index in [2.05, 4.69) is 43.2 Å². The third-order valence-corrected chi connectivity index (χ3v) is 3.43. The Morgan fingerprint density at radius 2 is 2.12 bits per heavy atom. The molecular weight excluding hydrogens is 348 g/mol. The monoisotopic (exact) mass is 354 g/mol. The van der Waals surface area contributed by atoms with Gasteiger partial charge < -0.3 is 9.73 Å². The number of nitriles is 1. The summed E-state index contributed by atoms with van der Waals surface area (Å²) in [6.45, 7) is 0.532. The van der Waals surface area contributed by atoms with Gasteiger partial charge in [-0.2, -0.15) is 5.26 Å². The lowest BCUT2D eigenvalue weighted by Gasteiger charge is -2.07. The van der Waals surface area contributed by atoms with Gasteiger partial charge in [-0.1, -0.05) is 15.9 Å². The van der Waals surface area contributed by atoms with Crippen molar-refractivity contribution < 1.29 is 4.42 Å². The first kappa shape index (κ1) is 12.2. The summed E-state index contributed by atoms with van der Waals surface area (Å²) in [5, 5.41) is 12.2. The second kappa shape index (κ2) is 5.39. The summed E-state index contributed by atoms with van der Waals surface area (Å²) in [6, 6.07) is 9.51. The number of rotatable bonds is 3. The predicted molar refractivity (Wildman–Crippen MR) is 72.6 cm³/mol. The first-order chi connectivity index (χ1) is 8.20. The minimum absolute atomic E-state index is 0.532. The minimum atomic E-state index is 0.532. The normalized spacial score (nSPS) is 9.94. The molecule has 0 radical (unpaired) electrons. The minimum Gasteiger partial charge on any atom is -0.466 e. The van der Waals surface area contributed by atoms with Crippen molar-refractivity contribution in [3.8, 4) is 6.07 Å². The van der Waals surface area contributed by atoms with E-state index in [0.29, 0.717) is 12.1 Å². The zero-order valence-electron chi connectivity index (χ0n) is 8.71. The van der Waals surface area contributed by atoms with Crippen LogP contribution in [0.25, 0.3) is 0 Å². The van der Waals surface area contributed by atoms with Gasteiger partial charge in [0.15, 0.2) is 0 Å². The van der Waals surface area contributed by atoms with Crippen molar-refractivity contribution in [1.82, 2.24) is 0 Å². The van der Waals surface area contributed by atoms with Crippen molar-refractivity contribution in [3.63, 3.8) is 0 Å². The van der Waals surface area contributed by atoms with E-state index < -0.39 is 0 Å². The van der Waals surface area contributed by atoms with Crippen LogP contribution in [0.5, 0.6) is 0 Å². The molecule has 0 saturated carbocycles. The molecule has 1 N–H and O–H groups in total. The van der Waals surface area contributed by atoms with Crippen molar-refractivity contribution in [3.05, 3.63) is 50.8 Å². The lowest BCUT2D eigenvalue weighted by atomic mass is 10.2. The van der Waals surface area contributed by atoms with E-state index in [9.17, 15) is 0 Å². The smallest absolute Gasteiger partial charge is 0.136 e. The highest BCUT2D eigenvalue weighted by Crippen LogP contribution is 2.23. The Bertz CT molecular complexity index is 572. The molecule has 5 heteroatoms. The number of halogens is 2. The number of hydrogen-bond acceptors (Lipinski definition) is 3. The number of hydrogen-bond donors (Lipinski definition) is 1. The maximum absolute atomic E-state index is 9.01. The Morgan fingerprint density at radius 1 is 1.29 bits per heavy atom. The van der Waals surface area contributed by atoms with E-state index in [1.807, 2.05) is 18.2 Å². The van der Waals surface area contributed by atoms with Crippen molar-refractivity contribution in [2.24, 2.45) is 0 Å². The molecule has 0 spiro atoms. The summed E-state index contributed by atoms with van der Waals surface area (Å²) in [7, 11) is 0. The summed E-state index contributed by atoms with van der Waals surface area (Å²) in [6.07, 6.45) is 1.62. The van der Waals surface area contributed by atoms with Gasteiger partial charge in [0, 0.05) is 4.47 Å². The van der Waals surface area contributed by atoms with E-state index in [-0.39, 0.29) is 0 Å². The Labute approximate surface area is 116 Å². The Kier molecular flexibility index (Phi) is 3.87. The van der Waals surface area contributed by atoms with Gasteiger partial charge in [-0.3, -0.25) is 0 Å². The van der Waals surface area contributed by atoms with Crippen molar-refractivity contribution in [2.45, 2.75) is 6.54 Å². The van der Waals surface area contributed by atoms with Crippen LogP contribution in [-0.4, -0.2) is 0 Å². The third-order valence-electron chi connectivity index (χ3n) is 2.23. The van der Waals surface area contributed by atoms with Crippen molar-refractivity contribution >= 4 is 37.5 Å². The summed E-state index contributed by atoms with van der Waals surface area (Å²) in [5.74, 6) is 0.803. The Hall–Kier alpha value is -1.25. The number of nitrogens with one attached hydrogen (secondary N) is 1. The van der Waals surface area contributed by atoms with E-state index >= 15 is 0 Å². The summed E-state index contributed by atoms with van der Waals surface area (Å²) < 4.78 is 7.09. The van der Waals surface area contributed by atoms with Crippen LogP contribution in [0.2, 0.25) is 0 Å². The van der Waals surface area contributed by atoms with Crippen LogP contribution < -0.4 is 5.32 Å². The fourth-order valence-electron chi connectivity index (χ4n) is 1.39. The molecule has 0 aliphatic carbocycles. The molecule has 0 bridgehead atoms. The molecule has 2 rings (SSSR count). The molecular formula is C12H8Br2N2O. The average molecular weight is 356 g/mol. The van der Waals surface area contributed by atoms with Crippen LogP contribution >= 0.6 is 31.9 Å². The van der Waals surface area contributed by atoms with Crippen LogP contribution in [0.1, 0.15) is 11.3 Å². The molecule has 0 atom stereocenters. The highest BCUT2D eigenvalue weighted by Gasteiger charge is 2.06. The van der Waals surface area contributed by atoms with Crippen molar-refractivity contribution in [1.29, 1.82) is 5.26 Å². The number of anilines is 1.